The summed E-state index contributed by atoms with van der Waals surface area (Å²) in [6.07, 6.45) is 0. The highest BCUT2D eigenvalue weighted by atomic mass is 16.6. The second kappa shape index (κ2) is 6.22. The molecule has 2 aromatic rings. The number of benzene rings is 2. The van der Waals surface area contributed by atoms with Crippen molar-refractivity contribution >= 4 is 17.2 Å². The van der Waals surface area contributed by atoms with Crippen molar-refractivity contribution in [2.24, 2.45) is 0 Å². The second-order valence-electron chi connectivity index (χ2n) is 4.71. The molecule has 8 nitrogen and oxygen atoms in total. The minimum Gasteiger partial charge on any atom is -0.497 e. The Bertz CT molecular complexity index is 798. The minimum atomic E-state index is -0.767. The number of carbonyl (C=O) groups excluding carboxylic acids is 1. The van der Waals surface area contributed by atoms with Crippen LogP contribution in [0.2, 0.25) is 0 Å². The van der Waals surface area contributed by atoms with Gasteiger partial charge in [0.2, 0.25) is 0 Å². The predicted octanol–water partition coefficient (Wildman–Crippen LogP) is 3.05. The van der Waals surface area contributed by atoms with Gasteiger partial charge in [-0.25, -0.2) is 0 Å². The van der Waals surface area contributed by atoms with Gasteiger partial charge in [0.15, 0.2) is 5.78 Å². The third kappa shape index (κ3) is 3.15. The van der Waals surface area contributed by atoms with Gasteiger partial charge in [-0.05, 0) is 31.2 Å². The monoisotopic (exact) mass is 316 g/mol. The molecule has 0 bridgehead atoms. The molecule has 23 heavy (non-hydrogen) atoms. The maximum atomic E-state index is 12.5. The van der Waals surface area contributed by atoms with Crippen molar-refractivity contribution in [1.29, 1.82) is 0 Å². The van der Waals surface area contributed by atoms with Gasteiger partial charge in [0.25, 0.3) is 11.4 Å². The highest BCUT2D eigenvalue weighted by Crippen LogP contribution is 2.29. The second-order valence-corrected chi connectivity index (χ2v) is 4.71. The van der Waals surface area contributed by atoms with Crippen LogP contribution in [0.1, 0.15) is 21.5 Å². The zero-order valence-electron chi connectivity index (χ0n) is 12.3. The molecule has 0 amide bonds. The number of nitro benzene ring substituents is 2. The normalized spacial score (nSPS) is 10.2. The van der Waals surface area contributed by atoms with Crippen LogP contribution >= 0.6 is 0 Å². The van der Waals surface area contributed by atoms with Gasteiger partial charge in [0.05, 0.1) is 23.0 Å². The fourth-order valence-electron chi connectivity index (χ4n) is 2.11. The number of ether oxygens (including phenoxy) is 1. The van der Waals surface area contributed by atoms with Gasteiger partial charge in [-0.2, -0.15) is 0 Å². The van der Waals surface area contributed by atoms with Gasteiger partial charge in [0.1, 0.15) is 5.75 Å². The number of nitrogens with zero attached hydrogens (tertiary/aromatic N) is 2. The summed E-state index contributed by atoms with van der Waals surface area (Å²) in [7, 11) is 1.48. The van der Waals surface area contributed by atoms with Gasteiger partial charge >= 0.3 is 0 Å². The molecule has 0 saturated heterocycles. The van der Waals surface area contributed by atoms with Crippen molar-refractivity contribution < 1.29 is 19.4 Å². The van der Waals surface area contributed by atoms with Crippen molar-refractivity contribution in [3.8, 4) is 5.75 Å². The Morgan fingerprint density at radius 1 is 1.04 bits per heavy atom. The molecule has 8 heteroatoms. The van der Waals surface area contributed by atoms with Crippen LogP contribution in [-0.2, 0) is 0 Å². The van der Waals surface area contributed by atoms with Crippen molar-refractivity contribution in [2.45, 2.75) is 6.92 Å². The van der Waals surface area contributed by atoms with E-state index < -0.39 is 27.0 Å². The third-order valence-corrected chi connectivity index (χ3v) is 3.37. The lowest BCUT2D eigenvalue weighted by Gasteiger charge is -2.07. The zero-order valence-corrected chi connectivity index (χ0v) is 12.3. The number of non-ortho nitro benzene ring substituents is 1. The highest BCUT2D eigenvalue weighted by Gasteiger charge is 2.25. The zero-order chi connectivity index (χ0) is 17.1. The average molecular weight is 316 g/mol. The van der Waals surface area contributed by atoms with Crippen molar-refractivity contribution in [1.82, 2.24) is 0 Å². The van der Waals surface area contributed by atoms with E-state index in [1.54, 1.807) is 12.1 Å². The van der Waals surface area contributed by atoms with E-state index in [2.05, 4.69) is 0 Å². The van der Waals surface area contributed by atoms with Crippen molar-refractivity contribution in [3.63, 3.8) is 0 Å². The minimum absolute atomic E-state index is 0.0731. The van der Waals surface area contributed by atoms with Crippen LogP contribution in [-0.4, -0.2) is 22.7 Å². The third-order valence-electron chi connectivity index (χ3n) is 3.37. The number of ketones is 1. The summed E-state index contributed by atoms with van der Waals surface area (Å²) in [5.41, 5.74) is -0.698. The molecule has 0 spiro atoms. The van der Waals surface area contributed by atoms with Crippen LogP contribution in [0.5, 0.6) is 5.75 Å². The number of hydrogen-bond donors (Lipinski definition) is 0. The van der Waals surface area contributed by atoms with E-state index in [4.69, 9.17) is 4.74 Å². The van der Waals surface area contributed by atoms with Crippen LogP contribution in [0.4, 0.5) is 11.4 Å². The van der Waals surface area contributed by atoms with Gasteiger partial charge in [-0.3, -0.25) is 25.0 Å². The lowest BCUT2D eigenvalue weighted by molar-refractivity contribution is -0.394. The summed E-state index contributed by atoms with van der Waals surface area (Å²) in [4.78, 5) is 33.0. The summed E-state index contributed by atoms with van der Waals surface area (Å²) >= 11 is 0. The Morgan fingerprint density at radius 2 is 1.65 bits per heavy atom. The first-order valence-electron chi connectivity index (χ1n) is 6.47. The molecule has 0 aromatic heterocycles. The summed E-state index contributed by atoms with van der Waals surface area (Å²) in [5, 5.41) is 22.0. The number of carbonyl (C=O) groups is 1. The van der Waals surface area contributed by atoms with E-state index in [9.17, 15) is 25.0 Å². The van der Waals surface area contributed by atoms with Crippen LogP contribution in [0.3, 0.4) is 0 Å². The summed E-state index contributed by atoms with van der Waals surface area (Å²) in [5.74, 6) is 0.0141. The first kappa shape index (κ1) is 16.1. The predicted molar refractivity (Wildman–Crippen MR) is 80.9 cm³/mol. The molecule has 118 valence electrons. The molecule has 0 aliphatic heterocycles. The van der Waals surface area contributed by atoms with Gasteiger partial charge < -0.3 is 4.74 Å². The Morgan fingerprint density at radius 3 is 2.13 bits per heavy atom. The van der Waals surface area contributed by atoms with E-state index >= 15 is 0 Å². The molecular weight excluding hydrogens is 304 g/mol. The van der Waals surface area contributed by atoms with Crippen molar-refractivity contribution in [2.75, 3.05) is 7.11 Å². The molecule has 0 N–H and O–H groups in total. The van der Waals surface area contributed by atoms with E-state index in [0.717, 1.165) is 12.1 Å². The van der Waals surface area contributed by atoms with E-state index in [0.29, 0.717) is 5.75 Å². The van der Waals surface area contributed by atoms with Crippen LogP contribution in [0.15, 0.2) is 36.4 Å². The van der Waals surface area contributed by atoms with Crippen LogP contribution in [0.25, 0.3) is 0 Å². The van der Waals surface area contributed by atoms with E-state index in [-0.39, 0.29) is 16.7 Å². The molecule has 2 aromatic carbocycles. The summed E-state index contributed by atoms with van der Waals surface area (Å²) < 4.78 is 4.99. The molecule has 0 fully saturated rings. The topological polar surface area (TPSA) is 113 Å². The largest absolute Gasteiger partial charge is 0.497 e. The summed E-state index contributed by atoms with van der Waals surface area (Å²) in [6, 6.07) is 8.01. The van der Waals surface area contributed by atoms with Crippen LogP contribution < -0.4 is 4.74 Å². The average Bonchev–Trinajstić information content (AvgIpc) is 2.54. The number of methoxy groups -OCH3 is 1. The lowest BCUT2D eigenvalue weighted by Crippen LogP contribution is -2.07. The smallest absolute Gasteiger partial charge is 0.279 e. The first-order chi connectivity index (χ1) is 10.8. The van der Waals surface area contributed by atoms with Gasteiger partial charge in [0, 0.05) is 22.8 Å². The lowest BCUT2D eigenvalue weighted by atomic mass is 9.97. The Labute approximate surface area is 130 Å². The SMILES string of the molecule is COc1ccc(C(=O)c2cc([N+](=O)[O-])cc([N+](=O)[O-])c2C)cc1. The number of hydrogen-bond acceptors (Lipinski definition) is 6. The molecule has 0 heterocycles. The van der Waals surface area contributed by atoms with Crippen LogP contribution in [0, 0.1) is 27.2 Å². The Balaban J connectivity index is 2.58. The molecule has 0 saturated carbocycles. The van der Waals surface area contributed by atoms with Gasteiger partial charge in [-0.1, -0.05) is 0 Å². The molecule has 0 unspecified atom stereocenters. The van der Waals surface area contributed by atoms with Crippen molar-refractivity contribution in [3.05, 3.63) is 73.3 Å². The molecule has 0 atom stereocenters. The standard InChI is InChI=1S/C15H12N2O6/c1-9-13(7-11(16(19)20)8-14(9)17(21)22)15(18)10-3-5-12(23-2)6-4-10/h3-8H,1-2H3. The fraction of sp³-hybridized carbons (Fsp3) is 0.133. The number of nitro groups is 2. The quantitative estimate of drug-likeness (QED) is 0.476. The Hall–Kier alpha value is -3.29. The maximum Gasteiger partial charge on any atom is 0.279 e. The molecule has 2 rings (SSSR count). The molecular formula is C15H12N2O6. The highest BCUT2D eigenvalue weighted by molar-refractivity contribution is 6.10. The number of rotatable bonds is 5. The maximum absolute atomic E-state index is 12.5. The Kier molecular flexibility index (Phi) is 4.35. The summed E-state index contributed by atoms with van der Waals surface area (Å²) in [6.45, 7) is 1.39. The molecule has 0 aliphatic rings. The fourth-order valence-corrected chi connectivity index (χ4v) is 2.11. The van der Waals surface area contributed by atoms with Gasteiger partial charge in [-0.15, -0.1) is 0 Å². The molecule has 0 aliphatic carbocycles. The first-order valence-corrected chi connectivity index (χ1v) is 6.47. The molecule has 0 radical (unpaired) electrons. The van der Waals surface area contributed by atoms with E-state index in [1.165, 1.54) is 26.2 Å². The van der Waals surface area contributed by atoms with E-state index in [1.807, 2.05) is 0 Å².